The molecule has 0 aliphatic heterocycles. The molecule has 7 heteroatoms. The number of carbonyl (C=O) groups excluding carboxylic acids is 2. The molecule has 110 valence electrons. The van der Waals surface area contributed by atoms with Crippen molar-refractivity contribution in [1.82, 2.24) is 4.90 Å². The number of hydrogen-bond acceptors (Lipinski definition) is 3. The Bertz CT molecular complexity index is 695. The Labute approximate surface area is 131 Å². The second-order valence-electron chi connectivity index (χ2n) is 4.46. The second-order valence-corrected chi connectivity index (χ2v) is 5.21. The molecule has 1 heterocycles. The van der Waals surface area contributed by atoms with E-state index in [0.29, 0.717) is 16.3 Å². The van der Waals surface area contributed by atoms with Gasteiger partial charge in [-0.15, -0.1) is 0 Å². The van der Waals surface area contributed by atoms with E-state index in [0.717, 1.165) is 0 Å². The Kier molecular flexibility index (Phi) is 4.55. The first-order valence-electron chi connectivity index (χ1n) is 5.95. The predicted molar refractivity (Wildman–Crippen MR) is 81.1 cm³/mol. The average Bonchev–Trinajstić information content (AvgIpc) is 2.86. The Hall–Kier alpha value is -1.98. The van der Waals surface area contributed by atoms with Crippen LogP contribution in [0.15, 0.2) is 34.9 Å². The van der Waals surface area contributed by atoms with E-state index in [4.69, 9.17) is 27.6 Å². The molecule has 0 bridgehead atoms. The molecule has 0 atom stereocenters. The lowest BCUT2D eigenvalue weighted by molar-refractivity contribution is 0.0827. The lowest BCUT2D eigenvalue weighted by Gasteiger charge is -2.13. The van der Waals surface area contributed by atoms with Gasteiger partial charge in [0.25, 0.3) is 11.8 Å². The van der Waals surface area contributed by atoms with Crippen molar-refractivity contribution >= 4 is 40.7 Å². The fourth-order valence-corrected chi connectivity index (χ4v) is 2.06. The minimum atomic E-state index is -0.431. The van der Waals surface area contributed by atoms with Gasteiger partial charge < -0.3 is 14.6 Å². The summed E-state index contributed by atoms with van der Waals surface area (Å²) in [6.45, 7) is 0. The first-order chi connectivity index (χ1) is 9.90. The summed E-state index contributed by atoms with van der Waals surface area (Å²) in [6.07, 6.45) is 1.32. The number of halogens is 2. The van der Waals surface area contributed by atoms with Gasteiger partial charge in [0.1, 0.15) is 0 Å². The van der Waals surface area contributed by atoms with Gasteiger partial charge in [-0.25, -0.2) is 0 Å². The molecule has 2 aromatic rings. The quantitative estimate of drug-likeness (QED) is 0.938. The first-order valence-corrected chi connectivity index (χ1v) is 6.71. The maximum atomic E-state index is 12.0. The van der Waals surface area contributed by atoms with Gasteiger partial charge in [0.2, 0.25) is 5.22 Å². The number of carbonyl (C=O) groups is 2. The highest BCUT2D eigenvalue weighted by Crippen LogP contribution is 2.23. The van der Waals surface area contributed by atoms with Gasteiger partial charge in [-0.1, -0.05) is 11.6 Å². The van der Waals surface area contributed by atoms with Gasteiger partial charge in [-0.05, 0) is 35.9 Å². The summed E-state index contributed by atoms with van der Waals surface area (Å²) < 4.78 is 4.86. The molecule has 0 saturated heterocycles. The standard InChI is InChI=1S/C14H12Cl2N2O3/c1-18(2)14(20)10-7-8(3-4-11(10)15)17-13(19)9-5-6-21-12(9)16/h3-7H,1-2H3,(H,17,19). The summed E-state index contributed by atoms with van der Waals surface area (Å²) in [5.41, 5.74) is 0.955. The summed E-state index contributed by atoms with van der Waals surface area (Å²) in [5, 5.41) is 2.95. The molecule has 2 rings (SSSR count). The maximum Gasteiger partial charge on any atom is 0.260 e. The van der Waals surface area contributed by atoms with E-state index < -0.39 is 5.91 Å². The SMILES string of the molecule is CN(C)C(=O)c1cc(NC(=O)c2ccoc2Cl)ccc1Cl. The van der Waals surface area contributed by atoms with Crippen molar-refractivity contribution in [3.8, 4) is 0 Å². The summed E-state index contributed by atoms with van der Waals surface area (Å²) in [5.74, 6) is -0.684. The van der Waals surface area contributed by atoms with Crippen LogP contribution in [0.1, 0.15) is 20.7 Å². The van der Waals surface area contributed by atoms with Crippen LogP contribution in [0.4, 0.5) is 5.69 Å². The van der Waals surface area contributed by atoms with Crippen LogP contribution in [0.3, 0.4) is 0 Å². The van der Waals surface area contributed by atoms with Crippen LogP contribution in [0, 0.1) is 0 Å². The third-order valence-electron chi connectivity index (χ3n) is 2.72. The molecular formula is C14H12Cl2N2O3. The lowest BCUT2D eigenvalue weighted by Crippen LogP contribution is -2.22. The molecule has 1 N–H and O–H groups in total. The molecule has 0 aliphatic rings. The largest absolute Gasteiger partial charge is 0.452 e. The number of rotatable bonds is 3. The molecule has 1 aromatic heterocycles. The van der Waals surface area contributed by atoms with Crippen LogP contribution in [0.25, 0.3) is 0 Å². The lowest BCUT2D eigenvalue weighted by atomic mass is 10.1. The first kappa shape index (κ1) is 15.4. The van der Waals surface area contributed by atoms with Crippen molar-refractivity contribution in [3.05, 3.63) is 51.9 Å². The molecule has 2 amide bonds. The number of furan rings is 1. The van der Waals surface area contributed by atoms with E-state index in [1.807, 2.05) is 0 Å². The van der Waals surface area contributed by atoms with Gasteiger partial charge in [0.15, 0.2) is 0 Å². The summed E-state index contributed by atoms with van der Waals surface area (Å²) in [6, 6.07) is 6.11. The topological polar surface area (TPSA) is 62.6 Å². The van der Waals surface area contributed by atoms with Gasteiger partial charge in [0.05, 0.1) is 22.4 Å². The third-order valence-corrected chi connectivity index (χ3v) is 3.35. The van der Waals surface area contributed by atoms with Crippen LogP contribution in [0.5, 0.6) is 0 Å². The second kappa shape index (κ2) is 6.20. The summed E-state index contributed by atoms with van der Waals surface area (Å²) in [7, 11) is 3.24. The van der Waals surface area contributed by atoms with E-state index in [1.54, 1.807) is 26.2 Å². The minimum Gasteiger partial charge on any atom is -0.452 e. The normalized spacial score (nSPS) is 10.3. The number of nitrogens with one attached hydrogen (secondary N) is 1. The van der Waals surface area contributed by atoms with Crippen LogP contribution >= 0.6 is 23.2 Å². The predicted octanol–water partition coefficient (Wildman–Crippen LogP) is 3.54. The smallest absolute Gasteiger partial charge is 0.260 e. The highest BCUT2D eigenvalue weighted by atomic mass is 35.5. The van der Waals surface area contributed by atoms with E-state index >= 15 is 0 Å². The van der Waals surface area contributed by atoms with E-state index in [9.17, 15) is 9.59 Å². The van der Waals surface area contributed by atoms with Crippen LogP contribution in [0.2, 0.25) is 10.2 Å². The highest BCUT2D eigenvalue weighted by molar-refractivity contribution is 6.34. The molecule has 5 nitrogen and oxygen atoms in total. The number of amides is 2. The number of hydrogen-bond donors (Lipinski definition) is 1. The van der Waals surface area contributed by atoms with Crippen LogP contribution in [-0.2, 0) is 0 Å². The molecule has 1 aromatic carbocycles. The zero-order valence-electron chi connectivity index (χ0n) is 11.3. The Morgan fingerprint density at radius 2 is 1.86 bits per heavy atom. The van der Waals surface area contributed by atoms with E-state index in [1.165, 1.54) is 23.3 Å². The van der Waals surface area contributed by atoms with E-state index in [-0.39, 0.29) is 16.7 Å². The molecule has 0 fully saturated rings. The van der Waals surface area contributed by atoms with Crippen molar-refractivity contribution in [1.29, 1.82) is 0 Å². The van der Waals surface area contributed by atoms with Crippen molar-refractivity contribution in [2.45, 2.75) is 0 Å². The Balaban J connectivity index is 2.26. The monoisotopic (exact) mass is 326 g/mol. The fourth-order valence-electron chi connectivity index (χ4n) is 1.66. The number of anilines is 1. The van der Waals surface area contributed by atoms with Gasteiger partial charge in [0, 0.05) is 19.8 Å². The van der Waals surface area contributed by atoms with Crippen LogP contribution in [-0.4, -0.2) is 30.8 Å². The summed E-state index contributed by atoms with van der Waals surface area (Å²) >= 11 is 11.7. The van der Waals surface area contributed by atoms with Gasteiger partial charge in [-0.3, -0.25) is 9.59 Å². The highest BCUT2D eigenvalue weighted by Gasteiger charge is 2.16. The van der Waals surface area contributed by atoms with Crippen molar-refractivity contribution < 1.29 is 14.0 Å². The van der Waals surface area contributed by atoms with E-state index in [2.05, 4.69) is 5.32 Å². The van der Waals surface area contributed by atoms with Gasteiger partial charge >= 0.3 is 0 Å². The van der Waals surface area contributed by atoms with Crippen molar-refractivity contribution in [3.63, 3.8) is 0 Å². The van der Waals surface area contributed by atoms with Crippen LogP contribution < -0.4 is 5.32 Å². The van der Waals surface area contributed by atoms with Gasteiger partial charge in [-0.2, -0.15) is 0 Å². The Morgan fingerprint density at radius 1 is 1.14 bits per heavy atom. The number of nitrogens with zero attached hydrogens (tertiary/aromatic N) is 1. The zero-order valence-corrected chi connectivity index (χ0v) is 12.8. The van der Waals surface area contributed by atoms with Crippen molar-refractivity contribution in [2.75, 3.05) is 19.4 Å². The fraction of sp³-hybridized carbons (Fsp3) is 0.143. The van der Waals surface area contributed by atoms with Crippen molar-refractivity contribution in [2.24, 2.45) is 0 Å². The summed E-state index contributed by atoms with van der Waals surface area (Å²) in [4.78, 5) is 25.4. The molecule has 0 radical (unpaired) electrons. The molecular weight excluding hydrogens is 315 g/mol. The molecule has 0 spiro atoms. The zero-order chi connectivity index (χ0) is 15.6. The molecule has 0 saturated carbocycles. The third kappa shape index (κ3) is 3.37. The molecule has 0 unspecified atom stereocenters. The number of benzene rings is 1. The average molecular weight is 327 g/mol. The minimum absolute atomic E-state index is 0.00561. The molecule has 21 heavy (non-hydrogen) atoms. The maximum absolute atomic E-state index is 12.0. The Morgan fingerprint density at radius 3 is 2.43 bits per heavy atom. The molecule has 0 aliphatic carbocycles.